The summed E-state index contributed by atoms with van der Waals surface area (Å²) in [6.07, 6.45) is 6.29. The van der Waals surface area contributed by atoms with Gasteiger partial charge in [0.15, 0.2) is 0 Å². The number of hydrogen-bond donors (Lipinski definition) is 1. The van der Waals surface area contributed by atoms with Gasteiger partial charge in [0, 0.05) is 38.3 Å². The maximum Gasteiger partial charge on any atom is 0.224 e. The number of aryl methyl sites for hydroxylation is 2. The van der Waals surface area contributed by atoms with Crippen molar-refractivity contribution in [2.24, 2.45) is 0 Å². The molecule has 1 aliphatic rings. The molecule has 6 heteroatoms. The lowest BCUT2D eigenvalue weighted by Gasteiger charge is -2.42. The van der Waals surface area contributed by atoms with Crippen LogP contribution in [0.5, 0.6) is 0 Å². The van der Waals surface area contributed by atoms with E-state index in [1.54, 1.807) is 12.5 Å². The molecular weight excluding hydrogens is 318 g/mol. The van der Waals surface area contributed by atoms with E-state index in [0.29, 0.717) is 39.1 Å². The van der Waals surface area contributed by atoms with Crippen molar-refractivity contribution in [3.8, 4) is 0 Å². The maximum absolute atomic E-state index is 12.6. The SMILES string of the molecule is Cc1ccccc1C[C@]1(CO)CN(C(=O)CCn2ccnc2)CCO1. The largest absolute Gasteiger partial charge is 0.393 e. The van der Waals surface area contributed by atoms with Gasteiger partial charge in [-0.05, 0) is 18.1 Å². The van der Waals surface area contributed by atoms with Crippen LogP contribution < -0.4 is 0 Å². The number of imidazole rings is 1. The predicted octanol–water partition coefficient (Wildman–Crippen LogP) is 1.41. The molecule has 1 saturated heterocycles. The molecule has 1 aliphatic heterocycles. The van der Waals surface area contributed by atoms with Gasteiger partial charge in [-0.15, -0.1) is 0 Å². The fraction of sp³-hybridized carbons (Fsp3) is 0.474. The zero-order valence-corrected chi connectivity index (χ0v) is 14.6. The molecule has 0 unspecified atom stereocenters. The van der Waals surface area contributed by atoms with Crippen molar-refractivity contribution in [3.05, 3.63) is 54.1 Å². The lowest BCUT2D eigenvalue weighted by Crippen LogP contribution is -2.57. The number of carbonyl (C=O) groups is 1. The van der Waals surface area contributed by atoms with Crippen LogP contribution in [-0.2, 0) is 22.5 Å². The van der Waals surface area contributed by atoms with Crippen LogP contribution in [0.2, 0.25) is 0 Å². The van der Waals surface area contributed by atoms with Crippen molar-refractivity contribution in [1.29, 1.82) is 0 Å². The molecule has 0 spiro atoms. The quantitative estimate of drug-likeness (QED) is 0.861. The van der Waals surface area contributed by atoms with Crippen molar-refractivity contribution >= 4 is 5.91 Å². The van der Waals surface area contributed by atoms with Crippen LogP contribution in [0.3, 0.4) is 0 Å². The number of hydrogen-bond acceptors (Lipinski definition) is 4. The van der Waals surface area contributed by atoms with Gasteiger partial charge in [0.05, 0.1) is 26.1 Å². The fourth-order valence-corrected chi connectivity index (χ4v) is 3.27. The molecule has 1 amide bonds. The van der Waals surface area contributed by atoms with E-state index in [1.807, 2.05) is 27.8 Å². The highest BCUT2D eigenvalue weighted by atomic mass is 16.5. The van der Waals surface area contributed by atoms with Crippen LogP contribution in [0.15, 0.2) is 43.0 Å². The van der Waals surface area contributed by atoms with Crippen molar-refractivity contribution in [2.45, 2.75) is 31.9 Å². The first kappa shape index (κ1) is 17.6. The number of aliphatic hydroxyl groups is 1. The number of rotatable bonds is 6. The van der Waals surface area contributed by atoms with Gasteiger partial charge in [0.25, 0.3) is 0 Å². The molecular formula is C19H25N3O3. The number of ether oxygens (including phenoxy) is 1. The molecule has 6 nitrogen and oxygen atoms in total. The summed E-state index contributed by atoms with van der Waals surface area (Å²) in [6, 6.07) is 8.09. The first-order chi connectivity index (χ1) is 12.1. The third kappa shape index (κ3) is 4.27. The van der Waals surface area contributed by atoms with E-state index in [1.165, 1.54) is 5.56 Å². The summed E-state index contributed by atoms with van der Waals surface area (Å²) in [5.74, 6) is 0.0830. The Bertz CT molecular complexity index is 702. The van der Waals surface area contributed by atoms with E-state index in [0.717, 1.165) is 5.56 Å². The van der Waals surface area contributed by atoms with Gasteiger partial charge in [0.2, 0.25) is 5.91 Å². The molecule has 2 heterocycles. The van der Waals surface area contributed by atoms with Crippen LogP contribution in [0.25, 0.3) is 0 Å². The zero-order chi connectivity index (χ0) is 17.7. The molecule has 1 aromatic carbocycles. The minimum atomic E-state index is -0.727. The predicted molar refractivity (Wildman–Crippen MR) is 94.1 cm³/mol. The second kappa shape index (κ2) is 7.80. The van der Waals surface area contributed by atoms with Crippen LogP contribution in [0, 0.1) is 6.92 Å². The van der Waals surface area contributed by atoms with E-state index in [9.17, 15) is 9.90 Å². The molecule has 1 N–H and O–H groups in total. The van der Waals surface area contributed by atoms with Crippen molar-refractivity contribution < 1.29 is 14.6 Å². The summed E-state index contributed by atoms with van der Waals surface area (Å²) in [6.45, 7) is 3.99. The second-order valence-corrected chi connectivity index (χ2v) is 6.66. The van der Waals surface area contributed by atoms with Crippen LogP contribution in [-0.4, -0.2) is 57.4 Å². The highest BCUT2D eigenvalue weighted by molar-refractivity contribution is 5.76. The minimum absolute atomic E-state index is 0.0830. The Morgan fingerprint density at radius 3 is 2.96 bits per heavy atom. The summed E-state index contributed by atoms with van der Waals surface area (Å²) in [5.41, 5.74) is 1.58. The topological polar surface area (TPSA) is 67.6 Å². The Hall–Kier alpha value is -2.18. The van der Waals surface area contributed by atoms with E-state index < -0.39 is 5.60 Å². The fourth-order valence-electron chi connectivity index (χ4n) is 3.27. The molecule has 0 aliphatic carbocycles. The average molecular weight is 343 g/mol. The van der Waals surface area contributed by atoms with Gasteiger partial charge in [0.1, 0.15) is 5.60 Å². The maximum atomic E-state index is 12.6. The summed E-state index contributed by atoms with van der Waals surface area (Å²) in [4.78, 5) is 18.4. The standard InChI is InChI=1S/C19H25N3O3/c1-16-4-2-3-5-17(16)12-19(14-23)13-22(10-11-25-19)18(24)6-8-21-9-7-20-15-21/h2-5,7,9,15,23H,6,8,10-14H2,1H3/t19-/m1/s1. The second-order valence-electron chi connectivity index (χ2n) is 6.66. The van der Waals surface area contributed by atoms with E-state index in [4.69, 9.17) is 4.74 Å². The molecule has 1 aromatic heterocycles. The normalized spacial score (nSPS) is 20.6. The van der Waals surface area contributed by atoms with Gasteiger partial charge in [-0.1, -0.05) is 24.3 Å². The molecule has 1 atom stereocenters. The number of amides is 1. The summed E-state index contributed by atoms with van der Waals surface area (Å²) in [5, 5.41) is 10.00. The molecule has 0 saturated carbocycles. The number of morpholine rings is 1. The molecule has 25 heavy (non-hydrogen) atoms. The monoisotopic (exact) mass is 343 g/mol. The van der Waals surface area contributed by atoms with Gasteiger partial charge in [-0.25, -0.2) is 4.98 Å². The summed E-state index contributed by atoms with van der Waals surface area (Å²) >= 11 is 0. The third-order valence-electron chi connectivity index (χ3n) is 4.81. The van der Waals surface area contributed by atoms with Crippen molar-refractivity contribution in [3.63, 3.8) is 0 Å². The highest BCUT2D eigenvalue weighted by Gasteiger charge is 2.38. The first-order valence-electron chi connectivity index (χ1n) is 8.65. The molecule has 1 fully saturated rings. The zero-order valence-electron chi connectivity index (χ0n) is 14.6. The lowest BCUT2D eigenvalue weighted by molar-refractivity contribution is -0.158. The van der Waals surface area contributed by atoms with Gasteiger partial charge in [-0.2, -0.15) is 0 Å². The number of nitrogens with zero attached hydrogens (tertiary/aromatic N) is 3. The number of carbonyl (C=O) groups excluding carboxylic acids is 1. The average Bonchev–Trinajstić information content (AvgIpc) is 3.15. The Labute approximate surface area is 148 Å². The highest BCUT2D eigenvalue weighted by Crippen LogP contribution is 2.25. The van der Waals surface area contributed by atoms with Crippen LogP contribution in [0.4, 0.5) is 0 Å². The van der Waals surface area contributed by atoms with Gasteiger partial charge >= 0.3 is 0 Å². The molecule has 0 bridgehead atoms. The van der Waals surface area contributed by atoms with Gasteiger partial charge < -0.3 is 19.3 Å². The van der Waals surface area contributed by atoms with Crippen LogP contribution in [0.1, 0.15) is 17.5 Å². The van der Waals surface area contributed by atoms with Crippen molar-refractivity contribution in [1.82, 2.24) is 14.5 Å². The Morgan fingerprint density at radius 1 is 1.40 bits per heavy atom. The Balaban J connectivity index is 1.65. The van der Waals surface area contributed by atoms with Crippen LogP contribution >= 0.6 is 0 Å². The van der Waals surface area contributed by atoms with E-state index >= 15 is 0 Å². The smallest absolute Gasteiger partial charge is 0.224 e. The summed E-state index contributed by atoms with van der Waals surface area (Å²) < 4.78 is 7.84. The van der Waals surface area contributed by atoms with E-state index in [2.05, 4.69) is 24.0 Å². The number of aliphatic hydroxyl groups excluding tert-OH is 1. The lowest BCUT2D eigenvalue weighted by atomic mass is 9.91. The number of benzene rings is 1. The molecule has 2 aromatic rings. The molecule has 0 radical (unpaired) electrons. The minimum Gasteiger partial charge on any atom is -0.393 e. The number of aromatic nitrogens is 2. The van der Waals surface area contributed by atoms with Gasteiger partial charge in [-0.3, -0.25) is 4.79 Å². The third-order valence-corrected chi connectivity index (χ3v) is 4.81. The van der Waals surface area contributed by atoms with Crippen molar-refractivity contribution in [2.75, 3.05) is 26.3 Å². The van der Waals surface area contributed by atoms with E-state index in [-0.39, 0.29) is 12.5 Å². The molecule has 134 valence electrons. The Kier molecular flexibility index (Phi) is 5.50. The molecule has 3 rings (SSSR count). The Morgan fingerprint density at radius 2 is 2.24 bits per heavy atom. The summed E-state index contributed by atoms with van der Waals surface area (Å²) in [7, 11) is 0. The first-order valence-corrected chi connectivity index (χ1v) is 8.65.